The molecular weight excluding hydrogens is 446 g/mol. The number of carbonyl (C=O) groups is 2. The van der Waals surface area contributed by atoms with Gasteiger partial charge in [-0.15, -0.1) is 0 Å². The zero-order valence-corrected chi connectivity index (χ0v) is 19.9. The van der Waals surface area contributed by atoms with E-state index in [9.17, 15) is 9.59 Å². The number of methoxy groups -OCH3 is 1. The molecule has 2 aromatic rings. The molecular formula is C24H25NO5S2. The molecule has 3 rings (SSSR count). The maximum Gasteiger partial charge on any atom is 0.307 e. The first-order valence-electron chi connectivity index (χ1n) is 10.2. The van der Waals surface area contributed by atoms with Crippen molar-refractivity contribution in [2.24, 2.45) is 0 Å². The lowest BCUT2D eigenvalue weighted by Gasteiger charge is -2.13. The fraction of sp³-hybridized carbons (Fsp3) is 0.292. The van der Waals surface area contributed by atoms with Gasteiger partial charge in [0.1, 0.15) is 10.9 Å². The van der Waals surface area contributed by atoms with E-state index in [0.29, 0.717) is 33.9 Å². The molecule has 1 fully saturated rings. The van der Waals surface area contributed by atoms with E-state index < -0.39 is 0 Å². The topological polar surface area (TPSA) is 65.1 Å². The van der Waals surface area contributed by atoms with Crippen LogP contribution in [0.4, 0.5) is 0 Å². The predicted octanol–water partition coefficient (Wildman–Crippen LogP) is 4.74. The second-order valence-electron chi connectivity index (χ2n) is 7.08. The molecule has 8 heteroatoms. The molecule has 1 aliphatic rings. The molecule has 168 valence electrons. The van der Waals surface area contributed by atoms with Gasteiger partial charge in [0.25, 0.3) is 5.91 Å². The van der Waals surface area contributed by atoms with Crippen LogP contribution in [0.3, 0.4) is 0 Å². The van der Waals surface area contributed by atoms with E-state index in [2.05, 4.69) is 6.07 Å². The van der Waals surface area contributed by atoms with Gasteiger partial charge in [0.2, 0.25) is 0 Å². The molecule has 0 spiro atoms. The van der Waals surface area contributed by atoms with Gasteiger partial charge in [0.05, 0.1) is 25.0 Å². The monoisotopic (exact) mass is 471 g/mol. The van der Waals surface area contributed by atoms with Crippen molar-refractivity contribution in [2.75, 3.05) is 20.3 Å². The van der Waals surface area contributed by atoms with Gasteiger partial charge in [-0.2, -0.15) is 0 Å². The molecule has 1 aliphatic heterocycles. The lowest BCUT2D eigenvalue weighted by Crippen LogP contribution is -2.30. The van der Waals surface area contributed by atoms with Crippen LogP contribution in [0.5, 0.6) is 11.5 Å². The highest BCUT2D eigenvalue weighted by Gasteiger charge is 2.32. The Hall–Kier alpha value is -2.84. The predicted molar refractivity (Wildman–Crippen MR) is 130 cm³/mol. The number of thioether (sulfide) groups is 1. The van der Waals surface area contributed by atoms with Crippen LogP contribution in [-0.4, -0.2) is 41.4 Å². The van der Waals surface area contributed by atoms with Crippen LogP contribution in [0, 0.1) is 6.92 Å². The molecule has 32 heavy (non-hydrogen) atoms. The smallest absolute Gasteiger partial charge is 0.307 e. The Balaban J connectivity index is 1.69. The van der Waals surface area contributed by atoms with Crippen molar-refractivity contribution in [1.29, 1.82) is 0 Å². The second kappa shape index (κ2) is 11.2. The Morgan fingerprint density at radius 1 is 1.19 bits per heavy atom. The number of hydrogen-bond acceptors (Lipinski definition) is 7. The molecule has 0 radical (unpaired) electrons. The summed E-state index contributed by atoms with van der Waals surface area (Å²) in [6.45, 7) is 4.72. The van der Waals surface area contributed by atoms with E-state index in [1.807, 2.05) is 43.3 Å². The van der Waals surface area contributed by atoms with Crippen molar-refractivity contribution in [1.82, 2.24) is 4.90 Å². The van der Waals surface area contributed by atoms with Gasteiger partial charge in [-0.05, 0) is 43.2 Å². The fourth-order valence-electron chi connectivity index (χ4n) is 3.14. The minimum atomic E-state index is -0.350. The molecule has 1 amide bonds. The SMILES string of the molecule is CCOC(=O)CCN1C(=O)/C(=C\c2ccc(OCc3cccc(C)c3)c(OC)c2)SC1=S. The number of thiocarbonyl (C=S) groups is 1. The third kappa shape index (κ3) is 6.11. The van der Waals surface area contributed by atoms with Gasteiger partial charge < -0.3 is 14.2 Å². The minimum Gasteiger partial charge on any atom is -0.493 e. The Bertz CT molecular complexity index is 1050. The van der Waals surface area contributed by atoms with Crippen LogP contribution in [0.25, 0.3) is 6.08 Å². The summed E-state index contributed by atoms with van der Waals surface area (Å²) in [5, 5.41) is 0. The first-order valence-corrected chi connectivity index (χ1v) is 11.4. The molecule has 0 saturated carbocycles. The summed E-state index contributed by atoms with van der Waals surface area (Å²) < 4.78 is 16.8. The summed E-state index contributed by atoms with van der Waals surface area (Å²) >= 11 is 6.53. The third-order valence-corrected chi connectivity index (χ3v) is 6.06. The Morgan fingerprint density at radius 3 is 2.72 bits per heavy atom. The fourth-order valence-corrected chi connectivity index (χ4v) is 4.45. The van der Waals surface area contributed by atoms with E-state index >= 15 is 0 Å². The van der Waals surface area contributed by atoms with Crippen molar-refractivity contribution in [3.63, 3.8) is 0 Å². The number of ether oxygens (including phenoxy) is 3. The van der Waals surface area contributed by atoms with Gasteiger partial charge >= 0.3 is 5.97 Å². The standard InChI is InChI=1S/C24H25NO5S2/c1-4-29-22(26)10-11-25-23(27)21(32-24(25)31)14-17-8-9-19(20(13-17)28-3)30-15-18-7-5-6-16(2)12-18/h5-9,12-14H,4,10-11,15H2,1-3H3/b21-14+. The van der Waals surface area contributed by atoms with Crippen LogP contribution in [0.1, 0.15) is 30.0 Å². The maximum atomic E-state index is 12.7. The van der Waals surface area contributed by atoms with Gasteiger partial charge in [0.15, 0.2) is 11.5 Å². The number of rotatable bonds is 9. The van der Waals surface area contributed by atoms with E-state index in [0.717, 1.165) is 11.1 Å². The Kier molecular flexibility index (Phi) is 8.30. The van der Waals surface area contributed by atoms with E-state index in [4.69, 9.17) is 26.4 Å². The van der Waals surface area contributed by atoms with Crippen LogP contribution in [0.2, 0.25) is 0 Å². The summed E-state index contributed by atoms with van der Waals surface area (Å²) in [6, 6.07) is 13.6. The van der Waals surface area contributed by atoms with Crippen molar-refractivity contribution in [2.45, 2.75) is 26.9 Å². The normalized spacial score (nSPS) is 14.7. The summed E-state index contributed by atoms with van der Waals surface area (Å²) in [6.07, 6.45) is 1.87. The first-order chi connectivity index (χ1) is 15.4. The number of hydrogen-bond donors (Lipinski definition) is 0. The Morgan fingerprint density at radius 2 is 2.00 bits per heavy atom. The molecule has 0 aliphatic carbocycles. The number of benzene rings is 2. The van der Waals surface area contributed by atoms with Crippen LogP contribution in [-0.2, 0) is 20.9 Å². The third-order valence-electron chi connectivity index (χ3n) is 4.68. The second-order valence-corrected chi connectivity index (χ2v) is 8.75. The van der Waals surface area contributed by atoms with Gasteiger partial charge in [0, 0.05) is 6.54 Å². The van der Waals surface area contributed by atoms with E-state index in [-0.39, 0.29) is 24.8 Å². The van der Waals surface area contributed by atoms with Gasteiger partial charge in [-0.1, -0.05) is 59.9 Å². The lowest BCUT2D eigenvalue weighted by molar-refractivity contribution is -0.143. The number of aryl methyl sites for hydroxylation is 1. The molecule has 0 atom stereocenters. The van der Waals surface area contributed by atoms with E-state index in [1.165, 1.54) is 22.2 Å². The van der Waals surface area contributed by atoms with E-state index in [1.54, 1.807) is 20.1 Å². The average Bonchev–Trinajstić information content (AvgIpc) is 3.03. The summed E-state index contributed by atoms with van der Waals surface area (Å²) in [5.74, 6) is 0.622. The summed E-state index contributed by atoms with van der Waals surface area (Å²) in [5.41, 5.74) is 3.03. The van der Waals surface area contributed by atoms with Crippen LogP contribution >= 0.6 is 24.0 Å². The summed E-state index contributed by atoms with van der Waals surface area (Å²) in [7, 11) is 1.58. The van der Waals surface area contributed by atoms with Gasteiger partial charge in [-0.25, -0.2) is 0 Å². The zero-order chi connectivity index (χ0) is 23.1. The van der Waals surface area contributed by atoms with Crippen LogP contribution < -0.4 is 9.47 Å². The molecule has 0 bridgehead atoms. The van der Waals surface area contributed by atoms with Crippen molar-refractivity contribution in [3.05, 3.63) is 64.1 Å². The number of carbonyl (C=O) groups excluding carboxylic acids is 2. The largest absolute Gasteiger partial charge is 0.493 e. The molecule has 6 nitrogen and oxygen atoms in total. The average molecular weight is 472 g/mol. The highest BCUT2D eigenvalue weighted by Crippen LogP contribution is 2.35. The zero-order valence-electron chi connectivity index (χ0n) is 18.3. The molecule has 0 N–H and O–H groups in total. The number of nitrogens with zero attached hydrogens (tertiary/aromatic N) is 1. The van der Waals surface area contributed by atoms with Crippen LogP contribution in [0.15, 0.2) is 47.4 Å². The molecule has 0 unspecified atom stereocenters. The number of amides is 1. The summed E-state index contributed by atoms with van der Waals surface area (Å²) in [4.78, 5) is 26.3. The maximum absolute atomic E-state index is 12.7. The molecule has 1 saturated heterocycles. The Labute approximate surface area is 197 Å². The van der Waals surface area contributed by atoms with Crippen molar-refractivity contribution >= 4 is 46.3 Å². The molecule has 1 heterocycles. The quantitative estimate of drug-likeness (QED) is 0.297. The van der Waals surface area contributed by atoms with Gasteiger partial charge in [-0.3, -0.25) is 14.5 Å². The highest BCUT2D eigenvalue weighted by atomic mass is 32.2. The van der Waals surface area contributed by atoms with Crippen molar-refractivity contribution < 1.29 is 23.8 Å². The molecule has 0 aromatic heterocycles. The number of esters is 1. The minimum absolute atomic E-state index is 0.106. The highest BCUT2D eigenvalue weighted by molar-refractivity contribution is 8.26. The lowest BCUT2D eigenvalue weighted by atomic mass is 10.1. The first kappa shape index (κ1) is 23.8. The molecule has 2 aromatic carbocycles. The van der Waals surface area contributed by atoms with Crippen molar-refractivity contribution in [3.8, 4) is 11.5 Å².